The molecule has 0 N–H and O–H groups in total. The Bertz CT molecular complexity index is 931. The first kappa shape index (κ1) is 20.5. The van der Waals surface area contributed by atoms with Gasteiger partial charge in [-0.05, 0) is 63.4 Å². The van der Waals surface area contributed by atoms with Crippen LogP contribution in [-0.4, -0.2) is 48.6 Å². The quantitative estimate of drug-likeness (QED) is 0.729. The van der Waals surface area contributed by atoms with Gasteiger partial charge < -0.3 is 18.8 Å². The minimum absolute atomic E-state index is 0.0128. The number of carbonyl (C=O) groups is 2. The van der Waals surface area contributed by atoms with Gasteiger partial charge in [-0.15, -0.1) is 0 Å². The fraction of sp³-hybridized carbons (Fsp3) is 0.478. The number of fused-ring (bicyclic) bond motifs is 1. The standard InChI is InChI=1S/C23H28N2O5/c1-15-6-9-21-20(11-15)25(23(27)17(3)30-21)14-22(26)24(12-18-5-4-10-28-18)13-19-8-7-16(2)29-19/h6-9,11,17-18H,4-5,10,12-14H2,1-3H3. The van der Waals surface area contributed by atoms with Gasteiger partial charge in [0.05, 0.1) is 18.3 Å². The van der Waals surface area contributed by atoms with Gasteiger partial charge in [0.2, 0.25) is 5.91 Å². The molecule has 0 spiro atoms. The Balaban J connectivity index is 1.56. The summed E-state index contributed by atoms with van der Waals surface area (Å²) in [5, 5.41) is 0. The Labute approximate surface area is 176 Å². The molecule has 2 unspecified atom stereocenters. The molecule has 0 saturated carbocycles. The lowest BCUT2D eigenvalue weighted by molar-refractivity contribution is -0.135. The Hall–Kier alpha value is -2.80. The molecule has 0 radical (unpaired) electrons. The predicted molar refractivity (Wildman–Crippen MR) is 111 cm³/mol. The summed E-state index contributed by atoms with van der Waals surface area (Å²) in [6, 6.07) is 9.43. The summed E-state index contributed by atoms with van der Waals surface area (Å²) in [6.07, 6.45) is 1.31. The van der Waals surface area contributed by atoms with Crippen LogP contribution in [0, 0.1) is 13.8 Å². The monoisotopic (exact) mass is 412 g/mol. The van der Waals surface area contributed by atoms with Crippen molar-refractivity contribution >= 4 is 17.5 Å². The van der Waals surface area contributed by atoms with Crippen molar-refractivity contribution in [3.8, 4) is 5.75 Å². The number of nitrogens with zero attached hydrogens (tertiary/aromatic N) is 2. The predicted octanol–water partition coefficient (Wildman–Crippen LogP) is 3.22. The average molecular weight is 412 g/mol. The highest BCUT2D eigenvalue weighted by Gasteiger charge is 2.34. The number of furan rings is 1. The number of aryl methyl sites for hydroxylation is 2. The molecular formula is C23H28N2O5. The zero-order valence-corrected chi connectivity index (χ0v) is 17.7. The number of benzene rings is 1. The number of carbonyl (C=O) groups excluding carboxylic acids is 2. The maximum atomic E-state index is 13.4. The first-order valence-electron chi connectivity index (χ1n) is 10.4. The van der Waals surface area contributed by atoms with E-state index in [9.17, 15) is 9.59 Å². The van der Waals surface area contributed by atoms with Crippen molar-refractivity contribution in [3.05, 3.63) is 47.4 Å². The lowest BCUT2D eigenvalue weighted by Gasteiger charge is -2.34. The summed E-state index contributed by atoms with van der Waals surface area (Å²) in [5.74, 6) is 1.78. The third kappa shape index (κ3) is 4.36. The Morgan fingerprint density at radius 2 is 2.07 bits per heavy atom. The molecule has 4 rings (SSSR count). The van der Waals surface area contributed by atoms with Crippen molar-refractivity contribution in [3.63, 3.8) is 0 Å². The van der Waals surface area contributed by atoms with Gasteiger partial charge in [0.25, 0.3) is 5.91 Å². The summed E-state index contributed by atoms with van der Waals surface area (Å²) in [7, 11) is 0. The highest BCUT2D eigenvalue weighted by molar-refractivity contribution is 6.03. The lowest BCUT2D eigenvalue weighted by Crippen LogP contribution is -2.50. The van der Waals surface area contributed by atoms with Crippen molar-refractivity contribution in [2.45, 2.75) is 52.4 Å². The van der Waals surface area contributed by atoms with Crippen LogP contribution in [-0.2, 0) is 20.9 Å². The van der Waals surface area contributed by atoms with E-state index in [1.165, 1.54) is 4.90 Å². The molecule has 30 heavy (non-hydrogen) atoms. The summed E-state index contributed by atoms with van der Waals surface area (Å²) >= 11 is 0. The smallest absolute Gasteiger partial charge is 0.268 e. The molecule has 7 nitrogen and oxygen atoms in total. The molecule has 1 fully saturated rings. The lowest BCUT2D eigenvalue weighted by atomic mass is 10.1. The molecule has 7 heteroatoms. The largest absolute Gasteiger partial charge is 0.479 e. The van der Waals surface area contributed by atoms with Crippen LogP contribution >= 0.6 is 0 Å². The van der Waals surface area contributed by atoms with Crippen LogP contribution in [0.5, 0.6) is 5.75 Å². The highest BCUT2D eigenvalue weighted by Crippen LogP contribution is 2.34. The molecular weight excluding hydrogens is 384 g/mol. The average Bonchev–Trinajstić information content (AvgIpc) is 3.37. The Kier molecular flexibility index (Phi) is 5.81. The van der Waals surface area contributed by atoms with E-state index in [1.807, 2.05) is 44.2 Å². The van der Waals surface area contributed by atoms with Gasteiger partial charge in [0.1, 0.15) is 23.8 Å². The van der Waals surface area contributed by atoms with Gasteiger partial charge in [-0.3, -0.25) is 14.5 Å². The maximum absolute atomic E-state index is 13.4. The third-order valence-corrected chi connectivity index (χ3v) is 5.56. The molecule has 2 amide bonds. The van der Waals surface area contributed by atoms with E-state index in [-0.39, 0.29) is 24.5 Å². The van der Waals surface area contributed by atoms with Crippen LogP contribution in [0.3, 0.4) is 0 Å². The van der Waals surface area contributed by atoms with Gasteiger partial charge in [-0.2, -0.15) is 0 Å². The zero-order chi connectivity index (χ0) is 21.3. The first-order valence-corrected chi connectivity index (χ1v) is 10.4. The fourth-order valence-electron chi connectivity index (χ4n) is 3.96. The van der Waals surface area contributed by atoms with Crippen molar-refractivity contribution < 1.29 is 23.5 Å². The molecule has 0 bridgehead atoms. The van der Waals surface area contributed by atoms with E-state index in [4.69, 9.17) is 13.9 Å². The van der Waals surface area contributed by atoms with E-state index >= 15 is 0 Å². The molecule has 2 aliphatic heterocycles. The van der Waals surface area contributed by atoms with Crippen LogP contribution in [0.1, 0.15) is 36.8 Å². The van der Waals surface area contributed by atoms with Crippen LogP contribution < -0.4 is 9.64 Å². The Morgan fingerprint density at radius 3 is 2.77 bits per heavy atom. The second kappa shape index (κ2) is 8.52. The van der Waals surface area contributed by atoms with Crippen molar-refractivity contribution in [2.24, 2.45) is 0 Å². The molecule has 2 aliphatic rings. The third-order valence-electron chi connectivity index (χ3n) is 5.56. The van der Waals surface area contributed by atoms with E-state index in [0.29, 0.717) is 24.5 Å². The van der Waals surface area contributed by atoms with Crippen molar-refractivity contribution in [1.29, 1.82) is 0 Å². The fourth-order valence-corrected chi connectivity index (χ4v) is 3.96. The van der Waals surface area contributed by atoms with Gasteiger partial charge in [-0.1, -0.05) is 6.07 Å². The second-order valence-electron chi connectivity index (χ2n) is 8.08. The van der Waals surface area contributed by atoms with Crippen molar-refractivity contribution in [1.82, 2.24) is 4.90 Å². The number of ether oxygens (including phenoxy) is 2. The number of amides is 2. The van der Waals surface area contributed by atoms with E-state index in [0.717, 1.165) is 36.5 Å². The number of hydrogen-bond acceptors (Lipinski definition) is 5. The van der Waals surface area contributed by atoms with Gasteiger partial charge in [0.15, 0.2) is 6.10 Å². The molecule has 0 aliphatic carbocycles. The molecule has 2 aromatic rings. The normalized spacial score (nSPS) is 20.8. The molecule has 1 saturated heterocycles. The molecule has 3 heterocycles. The maximum Gasteiger partial charge on any atom is 0.268 e. The topological polar surface area (TPSA) is 72.2 Å². The minimum atomic E-state index is -0.632. The number of anilines is 1. The first-order chi connectivity index (χ1) is 14.4. The highest BCUT2D eigenvalue weighted by atomic mass is 16.5. The van der Waals surface area contributed by atoms with Crippen LogP contribution in [0.4, 0.5) is 5.69 Å². The summed E-state index contributed by atoms with van der Waals surface area (Å²) in [6.45, 7) is 7.04. The van der Waals surface area contributed by atoms with Gasteiger partial charge in [0, 0.05) is 13.2 Å². The number of rotatable bonds is 6. The van der Waals surface area contributed by atoms with Crippen LogP contribution in [0.25, 0.3) is 0 Å². The van der Waals surface area contributed by atoms with Gasteiger partial charge >= 0.3 is 0 Å². The van der Waals surface area contributed by atoms with E-state index in [2.05, 4.69) is 0 Å². The summed E-state index contributed by atoms with van der Waals surface area (Å²) in [4.78, 5) is 29.5. The summed E-state index contributed by atoms with van der Waals surface area (Å²) in [5.41, 5.74) is 1.64. The van der Waals surface area contributed by atoms with Crippen LogP contribution in [0.15, 0.2) is 34.7 Å². The van der Waals surface area contributed by atoms with E-state index in [1.54, 1.807) is 11.8 Å². The molecule has 2 atom stereocenters. The molecule has 1 aromatic heterocycles. The van der Waals surface area contributed by atoms with Crippen molar-refractivity contribution in [2.75, 3.05) is 24.6 Å². The number of hydrogen-bond donors (Lipinski definition) is 0. The van der Waals surface area contributed by atoms with Gasteiger partial charge in [-0.25, -0.2) is 0 Å². The second-order valence-corrected chi connectivity index (χ2v) is 8.08. The zero-order valence-electron chi connectivity index (χ0n) is 17.7. The Morgan fingerprint density at radius 1 is 1.23 bits per heavy atom. The summed E-state index contributed by atoms with van der Waals surface area (Å²) < 4.78 is 17.2. The minimum Gasteiger partial charge on any atom is -0.479 e. The molecule has 1 aromatic carbocycles. The SMILES string of the molecule is Cc1ccc2c(c1)N(CC(=O)N(Cc1ccc(C)o1)CC1CCCO1)C(=O)C(C)O2. The van der Waals surface area contributed by atoms with Crippen LogP contribution in [0.2, 0.25) is 0 Å². The van der Waals surface area contributed by atoms with E-state index < -0.39 is 6.10 Å². The molecule has 160 valence electrons.